The summed E-state index contributed by atoms with van der Waals surface area (Å²) in [6.07, 6.45) is 12.1. The number of hydrogen-bond donors (Lipinski definition) is 0. The standard InChI is InChI=1S/C11H20O/c1-3-5-6-7-8-9-10-11-12-4-2/h4,8-9H,2-3,5-7,10-11H2,1H3/b9-8+. The van der Waals surface area contributed by atoms with Crippen molar-refractivity contribution in [3.8, 4) is 0 Å². The molecule has 0 heterocycles. The molecule has 0 aliphatic heterocycles. The van der Waals surface area contributed by atoms with E-state index in [0.717, 1.165) is 13.0 Å². The summed E-state index contributed by atoms with van der Waals surface area (Å²) < 4.78 is 4.97. The van der Waals surface area contributed by atoms with Gasteiger partial charge in [0.05, 0.1) is 12.9 Å². The molecule has 12 heavy (non-hydrogen) atoms. The van der Waals surface area contributed by atoms with Crippen molar-refractivity contribution in [2.24, 2.45) is 0 Å². The fraction of sp³-hybridized carbons (Fsp3) is 0.636. The lowest BCUT2D eigenvalue weighted by atomic mass is 10.2. The van der Waals surface area contributed by atoms with Gasteiger partial charge in [-0.1, -0.05) is 38.5 Å². The quantitative estimate of drug-likeness (QED) is 0.305. The summed E-state index contributed by atoms with van der Waals surface area (Å²) in [4.78, 5) is 0. The first kappa shape index (κ1) is 11.3. The summed E-state index contributed by atoms with van der Waals surface area (Å²) in [6, 6.07) is 0. The maximum atomic E-state index is 4.97. The molecule has 0 rings (SSSR count). The van der Waals surface area contributed by atoms with Crippen molar-refractivity contribution in [1.29, 1.82) is 0 Å². The molecule has 0 aromatic heterocycles. The van der Waals surface area contributed by atoms with Crippen LogP contribution in [0.5, 0.6) is 0 Å². The highest BCUT2D eigenvalue weighted by Gasteiger charge is 1.81. The third kappa shape index (κ3) is 9.28. The third-order valence-electron chi connectivity index (χ3n) is 1.66. The van der Waals surface area contributed by atoms with Crippen LogP contribution in [0, 0.1) is 0 Å². The largest absolute Gasteiger partial charge is 0.501 e. The summed E-state index contributed by atoms with van der Waals surface area (Å²) in [5, 5.41) is 0. The predicted molar refractivity (Wildman–Crippen MR) is 54.0 cm³/mol. The second-order valence-corrected chi connectivity index (χ2v) is 2.79. The Kier molecular flexibility index (Phi) is 9.66. The molecule has 0 aromatic carbocycles. The van der Waals surface area contributed by atoms with Gasteiger partial charge in [0.2, 0.25) is 0 Å². The lowest BCUT2D eigenvalue weighted by molar-refractivity contribution is 0.257. The number of unbranched alkanes of at least 4 members (excludes halogenated alkanes) is 3. The molecule has 0 N–H and O–H groups in total. The summed E-state index contributed by atoms with van der Waals surface area (Å²) >= 11 is 0. The Balaban J connectivity index is 2.98. The Hall–Kier alpha value is -0.720. The van der Waals surface area contributed by atoms with Gasteiger partial charge in [-0.05, 0) is 19.3 Å². The van der Waals surface area contributed by atoms with Crippen molar-refractivity contribution in [1.82, 2.24) is 0 Å². The summed E-state index contributed by atoms with van der Waals surface area (Å²) in [5.74, 6) is 0. The van der Waals surface area contributed by atoms with Gasteiger partial charge in [-0.15, -0.1) is 0 Å². The van der Waals surface area contributed by atoms with E-state index in [9.17, 15) is 0 Å². The van der Waals surface area contributed by atoms with Crippen molar-refractivity contribution in [3.63, 3.8) is 0 Å². The first-order valence-electron chi connectivity index (χ1n) is 4.79. The van der Waals surface area contributed by atoms with Crippen molar-refractivity contribution < 1.29 is 4.74 Å². The fourth-order valence-electron chi connectivity index (χ4n) is 0.967. The van der Waals surface area contributed by atoms with Crippen LogP contribution >= 0.6 is 0 Å². The van der Waals surface area contributed by atoms with E-state index < -0.39 is 0 Å². The van der Waals surface area contributed by atoms with Gasteiger partial charge in [-0.2, -0.15) is 0 Å². The van der Waals surface area contributed by atoms with Crippen molar-refractivity contribution in [2.75, 3.05) is 6.61 Å². The second-order valence-electron chi connectivity index (χ2n) is 2.79. The van der Waals surface area contributed by atoms with E-state index in [-0.39, 0.29) is 0 Å². The number of ether oxygens (including phenoxy) is 1. The predicted octanol–water partition coefficient (Wildman–Crippen LogP) is 3.67. The molecule has 0 aliphatic carbocycles. The van der Waals surface area contributed by atoms with Gasteiger partial charge in [0.1, 0.15) is 0 Å². The van der Waals surface area contributed by atoms with Gasteiger partial charge in [0.15, 0.2) is 0 Å². The molecule has 0 bridgehead atoms. The average Bonchev–Trinajstić information content (AvgIpc) is 2.10. The Morgan fingerprint density at radius 1 is 1.17 bits per heavy atom. The van der Waals surface area contributed by atoms with Crippen LogP contribution in [0.3, 0.4) is 0 Å². The highest BCUT2D eigenvalue weighted by molar-refractivity contribution is 4.81. The van der Waals surface area contributed by atoms with Crippen LogP contribution in [0.1, 0.15) is 39.0 Å². The Bertz CT molecular complexity index is 116. The van der Waals surface area contributed by atoms with Gasteiger partial charge >= 0.3 is 0 Å². The minimum absolute atomic E-state index is 0.758. The molecule has 70 valence electrons. The van der Waals surface area contributed by atoms with E-state index in [0.29, 0.717) is 0 Å². The van der Waals surface area contributed by atoms with Crippen molar-refractivity contribution in [3.05, 3.63) is 25.0 Å². The van der Waals surface area contributed by atoms with Gasteiger partial charge in [-0.3, -0.25) is 0 Å². The van der Waals surface area contributed by atoms with Gasteiger partial charge < -0.3 is 4.74 Å². The van der Waals surface area contributed by atoms with Crippen LogP contribution in [-0.2, 0) is 4.74 Å². The second kappa shape index (κ2) is 10.3. The molecular weight excluding hydrogens is 148 g/mol. The molecule has 1 heteroatoms. The maximum absolute atomic E-state index is 4.97. The highest BCUT2D eigenvalue weighted by Crippen LogP contribution is 2.00. The van der Waals surface area contributed by atoms with E-state index in [4.69, 9.17) is 4.74 Å². The monoisotopic (exact) mass is 168 g/mol. The normalized spacial score (nSPS) is 10.4. The highest BCUT2D eigenvalue weighted by atomic mass is 16.5. The zero-order valence-electron chi connectivity index (χ0n) is 8.09. The summed E-state index contributed by atoms with van der Waals surface area (Å²) in [5.41, 5.74) is 0. The number of hydrogen-bond acceptors (Lipinski definition) is 1. The van der Waals surface area contributed by atoms with E-state index in [1.807, 2.05) is 0 Å². The molecule has 0 spiro atoms. The van der Waals surface area contributed by atoms with Crippen molar-refractivity contribution in [2.45, 2.75) is 39.0 Å². The molecule has 0 saturated heterocycles. The molecule has 0 saturated carbocycles. The lowest BCUT2D eigenvalue weighted by Gasteiger charge is -1.94. The fourth-order valence-corrected chi connectivity index (χ4v) is 0.967. The van der Waals surface area contributed by atoms with Crippen LogP contribution in [0.2, 0.25) is 0 Å². The third-order valence-corrected chi connectivity index (χ3v) is 1.66. The van der Waals surface area contributed by atoms with E-state index in [1.165, 1.54) is 31.9 Å². The summed E-state index contributed by atoms with van der Waals surface area (Å²) in [6.45, 7) is 6.45. The van der Waals surface area contributed by atoms with E-state index in [2.05, 4.69) is 25.7 Å². The average molecular weight is 168 g/mol. The first-order chi connectivity index (χ1) is 5.91. The van der Waals surface area contributed by atoms with Gasteiger partial charge in [0.25, 0.3) is 0 Å². The van der Waals surface area contributed by atoms with Crippen LogP contribution in [0.4, 0.5) is 0 Å². The van der Waals surface area contributed by atoms with E-state index >= 15 is 0 Å². The summed E-state index contributed by atoms with van der Waals surface area (Å²) in [7, 11) is 0. The zero-order chi connectivity index (χ0) is 9.07. The maximum Gasteiger partial charge on any atom is 0.0907 e. The molecule has 0 amide bonds. The first-order valence-corrected chi connectivity index (χ1v) is 4.79. The molecule has 1 nitrogen and oxygen atoms in total. The minimum Gasteiger partial charge on any atom is -0.501 e. The van der Waals surface area contributed by atoms with Crippen LogP contribution in [-0.4, -0.2) is 6.61 Å². The van der Waals surface area contributed by atoms with E-state index in [1.54, 1.807) is 0 Å². The molecule has 0 radical (unpaired) electrons. The molecule has 0 atom stereocenters. The SMILES string of the molecule is C=COCC/C=C/CCCCC. The van der Waals surface area contributed by atoms with Crippen LogP contribution < -0.4 is 0 Å². The molecule has 0 aliphatic rings. The zero-order valence-corrected chi connectivity index (χ0v) is 8.09. The Labute approximate surface area is 76.1 Å². The number of allylic oxidation sites excluding steroid dienone is 1. The molecule has 0 unspecified atom stereocenters. The van der Waals surface area contributed by atoms with Gasteiger partial charge in [0, 0.05) is 0 Å². The lowest BCUT2D eigenvalue weighted by Crippen LogP contribution is -1.82. The topological polar surface area (TPSA) is 9.23 Å². The smallest absolute Gasteiger partial charge is 0.0907 e. The Morgan fingerprint density at radius 2 is 1.92 bits per heavy atom. The van der Waals surface area contributed by atoms with Gasteiger partial charge in [-0.25, -0.2) is 0 Å². The minimum atomic E-state index is 0.758. The molecular formula is C11H20O. The Morgan fingerprint density at radius 3 is 2.58 bits per heavy atom. The number of rotatable bonds is 8. The molecule has 0 aromatic rings. The van der Waals surface area contributed by atoms with Crippen molar-refractivity contribution >= 4 is 0 Å². The van der Waals surface area contributed by atoms with Crippen LogP contribution in [0.15, 0.2) is 25.0 Å². The van der Waals surface area contributed by atoms with Crippen LogP contribution in [0.25, 0.3) is 0 Å². The molecule has 0 fully saturated rings.